The van der Waals surface area contributed by atoms with Crippen LogP contribution in [0.15, 0.2) is 0 Å². The molecule has 1 amide bonds. The first kappa shape index (κ1) is 13.9. The molecule has 0 atom stereocenters. The van der Waals surface area contributed by atoms with Gasteiger partial charge in [-0.05, 0) is 19.8 Å². The number of carbonyl (C=O) groups excluding carboxylic acids is 2. The van der Waals surface area contributed by atoms with E-state index in [9.17, 15) is 9.59 Å². The molecule has 88 valence electrons. The number of esters is 1. The Labute approximate surface area is 91.4 Å². The zero-order valence-corrected chi connectivity index (χ0v) is 9.67. The van der Waals surface area contributed by atoms with E-state index in [4.69, 9.17) is 4.74 Å². The first-order valence-corrected chi connectivity index (χ1v) is 5.63. The van der Waals surface area contributed by atoms with Gasteiger partial charge in [-0.15, -0.1) is 0 Å². The monoisotopic (exact) mass is 215 g/mol. The van der Waals surface area contributed by atoms with Crippen molar-refractivity contribution in [1.29, 1.82) is 0 Å². The summed E-state index contributed by atoms with van der Waals surface area (Å²) in [7, 11) is 0. The summed E-state index contributed by atoms with van der Waals surface area (Å²) in [4.78, 5) is 21.8. The molecule has 0 fully saturated rings. The van der Waals surface area contributed by atoms with Crippen molar-refractivity contribution in [1.82, 2.24) is 5.32 Å². The minimum atomic E-state index is -0.130. The first-order valence-electron chi connectivity index (χ1n) is 5.63. The smallest absolute Gasteiger partial charge is 0.305 e. The molecule has 0 aliphatic heterocycles. The van der Waals surface area contributed by atoms with E-state index in [0.29, 0.717) is 26.0 Å². The molecule has 4 nitrogen and oxygen atoms in total. The molecule has 0 unspecified atom stereocenters. The van der Waals surface area contributed by atoms with E-state index < -0.39 is 0 Å². The summed E-state index contributed by atoms with van der Waals surface area (Å²) in [6.07, 6.45) is 3.72. The van der Waals surface area contributed by atoms with E-state index in [-0.39, 0.29) is 11.9 Å². The number of carbonyl (C=O) groups is 2. The van der Waals surface area contributed by atoms with Gasteiger partial charge in [0.25, 0.3) is 0 Å². The lowest BCUT2D eigenvalue weighted by Gasteiger charge is -2.03. The molecule has 4 heteroatoms. The number of amides is 1. The van der Waals surface area contributed by atoms with E-state index in [1.807, 2.05) is 6.92 Å². The zero-order chi connectivity index (χ0) is 11.5. The predicted octanol–water partition coefficient (Wildman–Crippen LogP) is 1.64. The van der Waals surface area contributed by atoms with E-state index in [2.05, 4.69) is 5.32 Å². The molecule has 0 aromatic rings. The number of rotatable bonds is 8. The third-order valence-electron chi connectivity index (χ3n) is 2.01. The molecule has 0 saturated heterocycles. The van der Waals surface area contributed by atoms with Crippen molar-refractivity contribution in [3.05, 3.63) is 0 Å². The second-order valence-electron chi connectivity index (χ2n) is 3.32. The maximum atomic E-state index is 10.9. The molecule has 0 bridgehead atoms. The van der Waals surface area contributed by atoms with Gasteiger partial charge in [0.1, 0.15) is 0 Å². The van der Waals surface area contributed by atoms with Gasteiger partial charge < -0.3 is 10.1 Å². The van der Waals surface area contributed by atoms with Crippen LogP contribution in [-0.4, -0.2) is 25.0 Å². The van der Waals surface area contributed by atoms with Crippen LogP contribution in [0.25, 0.3) is 0 Å². The largest absolute Gasteiger partial charge is 0.466 e. The fraction of sp³-hybridized carbons (Fsp3) is 0.818. The molecule has 0 radical (unpaired) electrons. The molecule has 0 saturated carbocycles. The van der Waals surface area contributed by atoms with Crippen LogP contribution in [0.3, 0.4) is 0 Å². The van der Waals surface area contributed by atoms with Gasteiger partial charge in [0, 0.05) is 19.4 Å². The number of ether oxygens (including phenoxy) is 1. The molecule has 0 aromatic carbocycles. The second kappa shape index (κ2) is 9.49. The Morgan fingerprint density at radius 1 is 1.13 bits per heavy atom. The maximum absolute atomic E-state index is 10.9. The molecule has 0 spiro atoms. The predicted molar refractivity (Wildman–Crippen MR) is 58.4 cm³/mol. The molecule has 0 aliphatic carbocycles. The molecule has 1 N–H and O–H groups in total. The Balaban J connectivity index is 3.18. The summed E-state index contributed by atoms with van der Waals surface area (Å²) in [5.41, 5.74) is 0. The molecule has 0 aliphatic rings. The zero-order valence-electron chi connectivity index (χ0n) is 9.67. The fourth-order valence-corrected chi connectivity index (χ4v) is 1.16. The lowest BCUT2D eigenvalue weighted by Crippen LogP contribution is -2.23. The lowest BCUT2D eigenvalue weighted by molar-refractivity contribution is -0.143. The van der Waals surface area contributed by atoms with E-state index >= 15 is 0 Å². The van der Waals surface area contributed by atoms with Gasteiger partial charge in [0.2, 0.25) is 5.91 Å². The molecular weight excluding hydrogens is 194 g/mol. The molecular formula is C11H21NO3. The van der Waals surface area contributed by atoms with Gasteiger partial charge in [-0.2, -0.15) is 0 Å². The van der Waals surface area contributed by atoms with Crippen molar-refractivity contribution >= 4 is 11.9 Å². The first-order chi connectivity index (χ1) is 7.20. The van der Waals surface area contributed by atoms with Gasteiger partial charge >= 0.3 is 5.97 Å². The number of unbranched alkanes of at least 4 members (excludes halogenated alkanes) is 2. The van der Waals surface area contributed by atoms with Gasteiger partial charge in [0.05, 0.1) is 6.61 Å². The third-order valence-corrected chi connectivity index (χ3v) is 2.01. The summed E-state index contributed by atoms with van der Waals surface area (Å²) in [5, 5.41) is 2.79. The highest BCUT2D eigenvalue weighted by Gasteiger charge is 2.00. The lowest BCUT2D eigenvalue weighted by atomic mass is 10.2. The molecule has 15 heavy (non-hydrogen) atoms. The van der Waals surface area contributed by atoms with E-state index in [1.54, 1.807) is 6.92 Å². The van der Waals surface area contributed by atoms with Crippen LogP contribution in [-0.2, 0) is 14.3 Å². The van der Waals surface area contributed by atoms with Crippen molar-refractivity contribution < 1.29 is 14.3 Å². The van der Waals surface area contributed by atoms with Crippen LogP contribution in [0.5, 0.6) is 0 Å². The number of nitrogens with one attached hydrogen (secondary N) is 1. The number of hydrogen-bond acceptors (Lipinski definition) is 3. The Morgan fingerprint density at radius 3 is 2.47 bits per heavy atom. The summed E-state index contributed by atoms with van der Waals surface area (Å²) < 4.78 is 4.80. The Kier molecular flexibility index (Phi) is 8.82. The standard InChI is InChI=1S/C11H21NO3/c1-3-10(13)12-9-7-5-6-8-11(14)15-4-2/h3-9H2,1-2H3,(H,12,13). The number of hydrogen-bond donors (Lipinski definition) is 1. The van der Waals surface area contributed by atoms with Crippen LogP contribution in [0, 0.1) is 0 Å². The summed E-state index contributed by atoms with van der Waals surface area (Å²) in [6.45, 7) is 4.79. The summed E-state index contributed by atoms with van der Waals surface area (Å²) in [5.74, 6) is -0.0458. The van der Waals surface area contributed by atoms with Crippen LogP contribution in [0.2, 0.25) is 0 Å². The van der Waals surface area contributed by atoms with Crippen molar-refractivity contribution in [3.63, 3.8) is 0 Å². The topological polar surface area (TPSA) is 55.4 Å². The normalized spacial score (nSPS) is 9.73. The minimum absolute atomic E-state index is 0.0837. The highest BCUT2D eigenvalue weighted by atomic mass is 16.5. The van der Waals surface area contributed by atoms with E-state index in [0.717, 1.165) is 19.3 Å². The molecule has 0 rings (SSSR count). The average Bonchev–Trinajstić information content (AvgIpc) is 2.23. The maximum Gasteiger partial charge on any atom is 0.305 e. The van der Waals surface area contributed by atoms with Crippen molar-refractivity contribution in [3.8, 4) is 0 Å². The van der Waals surface area contributed by atoms with Gasteiger partial charge in [-0.3, -0.25) is 9.59 Å². The van der Waals surface area contributed by atoms with Crippen molar-refractivity contribution in [2.75, 3.05) is 13.2 Å². The highest BCUT2D eigenvalue weighted by molar-refractivity contribution is 5.75. The molecule has 0 aromatic heterocycles. The fourth-order valence-electron chi connectivity index (χ4n) is 1.16. The Morgan fingerprint density at radius 2 is 1.87 bits per heavy atom. The Bertz CT molecular complexity index is 192. The quantitative estimate of drug-likeness (QED) is 0.494. The summed E-state index contributed by atoms with van der Waals surface area (Å²) >= 11 is 0. The summed E-state index contributed by atoms with van der Waals surface area (Å²) in [6, 6.07) is 0. The van der Waals surface area contributed by atoms with Crippen LogP contribution in [0.4, 0.5) is 0 Å². The van der Waals surface area contributed by atoms with Gasteiger partial charge in [0.15, 0.2) is 0 Å². The van der Waals surface area contributed by atoms with Crippen LogP contribution in [0.1, 0.15) is 46.0 Å². The second-order valence-corrected chi connectivity index (χ2v) is 3.32. The van der Waals surface area contributed by atoms with Crippen LogP contribution < -0.4 is 5.32 Å². The van der Waals surface area contributed by atoms with Crippen molar-refractivity contribution in [2.24, 2.45) is 0 Å². The SMILES string of the molecule is CCOC(=O)CCCCCNC(=O)CC. The van der Waals surface area contributed by atoms with Gasteiger partial charge in [-0.25, -0.2) is 0 Å². The average molecular weight is 215 g/mol. The van der Waals surface area contributed by atoms with Gasteiger partial charge in [-0.1, -0.05) is 13.3 Å². The third kappa shape index (κ3) is 9.25. The van der Waals surface area contributed by atoms with Crippen LogP contribution >= 0.6 is 0 Å². The minimum Gasteiger partial charge on any atom is -0.466 e. The van der Waals surface area contributed by atoms with E-state index in [1.165, 1.54) is 0 Å². The Hall–Kier alpha value is -1.06. The molecule has 0 heterocycles. The highest BCUT2D eigenvalue weighted by Crippen LogP contribution is 2.00. The van der Waals surface area contributed by atoms with Crippen molar-refractivity contribution in [2.45, 2.75) is 46.0 Å².